The highest BCUT2D eigenvalue weighted by Gasteiger charge is 2.20. The lowest BCUT2D eigenvalue weighted by Crippen LogP contribution is -2.29. The SMILES string of the molecule is COc1ccc(OCCNC(=O)CCS(=O)(=O)c2ccc3c(c2)OCCO3)cc1. The fourth-order valence-electron chi connectivity index (χ4n) is 2.68. The van der Waals surface area contributed by atoms with Crippen molar-refractivity contribution >= 4 is 15.7 Å². The molecule has 0 spiro atoms. The molecular formula is C20H23NO7S. The van der Waals surface area contributed by atoms with Gasteiger partial charge in [0.25, 0.3) is 0 Å². The summed E-state index contributed by atoms with van der Waals surface area (Å²) in [5.74, 6) is 1.65. The molecule has 0 aromatic heterocycles. The first-order chi connectivity index (χ1) is 14.0. The normalized spacial score (nSPS) is 12.9. The van der Waals surface area contributed by atoms with E-state index >= 15 is 0 Å². The molecule has 9 heteroatoms. The van der Waals surface area contributed by atoms with E-state index in [1.807, 2.05) is 0 Å². The Hall–Kier alpha value is -2.94. The van der Waals surface area contributed by atoms with Crippen LogP contribution in [0.25, 0.3) is 0 Å². The molecule has 0 atom stereocenters. The van der Waals surface area contributed by atoms with Crippen LogP contribution in [0.15, 0.2) is 47.4 Å². The van der Waals surface area contributed by atoms with E-state index < -0.39 is 9.84 Å². The summed E-state index contributed by atoms with van der Waals surface area (Å²) >= 11 is 0. The molecule has 3 rings (SSSR count). The van der Waals surface area contributed by atoms with Gasteiger partial charge in [-0.2, -0.15) is 0 Å². The molecule has 0 aliphatic carbocycles. The highest BCUT2D eigenvalue weighted by atomic mass is 32.2. The van der Waals surface area contributed by atoms with Crippen molar-refractivity contribution in [2.75, 3.05) is 39.2 Å². The number of hydrogen-bond acceptors (Lipinski definition) is 7. The molecule has 0 fully saturated rings. The van der Waals surface area contributed by atoms with Crippen LogP contribution in [-0.4, -0.2) is 53.6 Å². The molecule has 0 saturated heterocycles. The molecule has 0 radical (unpaired) electrons. The van der Waals surface area contributed by atoms with Gasteiger partial charge in [-0.05, 0) is 36.4 Å². The van der Waals surface area contributed by atoms with Crippen LogP contribution in [0.1, 0.15) is 6.42 Å². The lowest BCUT2D eigenvalue weighted by molar-refractivity contribution is -0.120. The minimum absolute atomic E-state index is 0.109. The van der Waals surface area contributed by atoms with Crippen molar-refractivity contribution in [2.45, 2.75) is 11.3 Å². The molecule has 156 valence electrons. The molecular weight excluding hydrogens is 398 g/mol. The number of methoxy groups -OCH3 is 1. The molecule has 0 unspecified atom stereocenters. The summed E-state index contributed by atoms with van der Waals surface area (Å²) in [6, 6.07) is 11.5. The van der Waals surface area contributed by atoms with E-state index in [0.717, 1.165) is 5.75 Å². The number of nitrogens with one attached hydrogen (secondary N) is 1. The molecule has 2 aromatic rings. The topological polar surface area (TPSA) is 100 Å². The third-order valence-corrected chi connectivity index (χ3v) is 5.94. The number of ether oxygens (including phenoxy) is 4. The minimum atomic E-state index is -3.61. The van der Waals surface area contributed by atoms with Crippen molar-refractivity contribution in [1.29, 1.82) is 0 Å². The number of rotatable bonds is 9. The van der Waals surface area contributed by atoms with Crippen molar-refractivity contribution in [3.63, 3.8) is 0 Å². The predicted octanol–water partition coefficient (Wildman–Crippen LogP) is 1.83. The van der Waals surface area contributed by atoms with Gasteiger partial charge in [-0.25, -0.2) is 8.42 Å². The third kappa shape index (κ3) is 5.77. The van der Waals surface area contributed by atoms with Gasteiger partial charge in [0.15, 0.2) is 21.3 Å². The molecule has 1 heterocycles. The maximum atomic E-state index is 12.5. The van der Waals surface area contributed by atoms with Crippen LogP contribution in [0, 0.1) is 0 Å². The first-order valence-corrected chi connectivity index (χ1v) is 10.8. The molecule has 1 aliphatic rings. The summed E-state index contributed by atoms with van der Waals surface area (Å²) in [5, 5.41) is 2.65. The van der Waals surface area contributed by atoms with Crippen LogP contribution >= 0.6 is 0 Å². The standard InChI is InChI=1S/C20H23NO7S/c1-25-15-2-4-16(5-3-15)26-10-9-21-20(22)8-13-29(23,24)17-6-7-18-19(14-17)28-12-11-27-18/h2-7,14H,8-13H2,1H3,(H,21,22). The lowest BCUT2D eigenvalue weighted by Gasteiger charge is -2.18. The van der Waals surface area contributed by atoms with Gasteiger partial charge >= 0.3 is 0 Å². The Kier molecular flexibility index (Phi) is 6.82. The van der Waals surface area contributed by atoms with Crippen LogP contribution in [0.5, 0.6) is 23.0 Å². The monoisotopic (exact) mass is 421 g/mol. The second-order valence-electron chi connectivity index (χ2n) is 6.25. The average molecular weight is 421 g/mol. The Morgan fingerprint density at radius 1 is 1.03 bits per heavy atom. The van der Waals surface area contributed by atoms with Crippen molar-refractivity contribution in [3.8, 4) is 23.0 Å². The fraction of sp³-hybridized carbons (Fsp3) is 0.350. The second-order valence-corrected chi connectivity index (χ2v) is 8.36. The van der Waals surface area contributed by atoms with Crippen molar-refractivity contribution < 1.29 is 32.2 Å². The Balaban J connectivity index is 1.42. The number of benzene rings is 2. The van der Waals surface area contributed by atoms with Crippen molar-refractivity contribution in [3.05, 3.63) is 42.5 Å². The Morgan fingerprint density at radius 2 is 1.72 bits per heavy atom. The van der Waals surface area contributed by atoms with Crippen LogP contribution in [0.3, 0.4) is 0 Å². The fourth-order valence-corrected chi connectivity index (χ4v) is 3.93. The molecule has 29 heavy (non-hydrogen) atoms. The number of fused-ring (bicyclic) bond motifs is 1. The van der Waals surface area contributed by atoms with Gasteiger partial charge in [-0.1, -0.05) is 0 Å². The largest absolute Gasteiger partial charge is 0.497 e. The van der Waals surface area contributed by atoms with E-state index in [4.69, 9.17) is 18.9 Å². The number of carbonyl (C=O) groups is 1. The lowest BCUT2D eigenvalue weighted by atomic mass is 10.3. The number of hydrogen-bond donors (Lipinski definition) is 1. The van der Waals surface area contributed by atoms with E-state index in [1.165, 1.54) is 12.1 Å². The zero-order chi connectivity index (χ0) is 20.7. The van der Waals surface area contributed by atoms with E-state index in [-0.39, 0.29) is 36.1 Å². The van der Waals surface area contributed by atoms with Crippen LogP contribution < -0.4 is 24.3 Å². The van der Waals surface area contributed by atoms with Crippen LogP contribution in [0.4, 0.5) is 0 Å². The van der Waals surface area contributed by atoms with E-state index in [9.17, 15) is 13.2 Å². The highest BCUT2D eigenvalue weighted by Crippen LogP contribution is 2.32. The maximum absolute atomic E-state index is 12.5. The summed E-state index contributed by atoms with van der Waals surface area (Å²) in [4.78, 5) is 12.1. The Morgan fingerprint density at radius 3 is 2.45 bits per heavy atom. The molecule has 1 amide bonds. The van der Waals surface area contributed by atoms with E-state index in [1.54, 1.807) is 37.4 Å². The minimum Gasteiger partial charge on any atom is -0.497 e. The molecule has 1 N–H and O–H groups in total. The van der Waals surface area contributed by atoms with Gasteiger partial charge < -0.3 is 24.3 Å². The molecule has 2 aromatic carbocycles. The number of sulfone groups is 1. The van der Waals surface area contributed by atoms with Gasteiger partial charge in [0.05, 0.1) is 24.3 Å². The number of amides is 1. The zero-order valence-electron chi connectivity index (χ0n) is 16.1. The van der Waals surface area contributed by atoms with Crippen molar-refractivity contribution in [2.24, 2.45) is 0 Å². The molecule has 1 aliphatic heterocycles. The Labute approximate surface area is 169 Å². The van der Waals surface area contributed by atoms with E-state index in [2.05, 4.69) is 5.32 Å². The van der Waals surface area contributed by atoms with Crippen LogP contribution in [-0.2, 0) is 14.6 Å². The summed E-state index contributed by atoms with van der Waals surface area (Å²) in [7, 11) is -2.03. The van der Waals surface area contributed by atoms with Gasteiger partial charge in [0.1, 0.15) is 31.3 Å². The van der Waals surface area contributed by atoms with E-state index in [0.29, 0.717) is 30.5 Å². The highest BCUT2D eigenvalue weighted by molar-refractivity contribution is 7.91. The summed E-state index contributed by atoms with van der Waals surface area (Å²) in [6.07, 6.45) is -0.140. The zero-order valence-corrected chi connectivity index (χ0v) is 16.9. The Bertz CT molecular complexity index is 942. The molecule has 0 saturated carbocycles. The molecule has 8 nitrogen and oxygen atoms in total. The first-order valence-electron chi connectivity index (χ1n) is 9.14. The summed E-state index contributed by atoms with van der Waals surface area (Å²) in [6.45, 7) is 1.35. The molecule has 0 bridgehead atoms. The average Bonchev–Trinajstić information content (AvgIpc) is 2.75. The van der Waals surface area contributed by atoms with Crippen LogP contribution in [0.2, 0.25) is 0 Å². The van der Waals surface area contributed by atoms with Gasteiger partial charge in [0.2, 0.25) is 5.91 Å². The quantitative estimate of drug-likeness (QED) is 0.617. The summed E-state index contributed by atoms with van der Waals surface area (Å²) in [5.41, 5.74) is 0. The van der Waals surface area contributed by atoms with Gasteiger partial charge in [-0.3, -0.25) is 4.79 Å². The van der Waals surface area contributed by atoms with Gasteiger partial charge in [-0.15, -0.1) is 0 Å². The predicted molar refractivity (Wildman–Crippen MR) is 106 cm³/mol. The van der Waals surface area contributed by atoms with Crippen molar-refractivity contribution in [1.82, 2.24) is 5.32 Å². The number of carbonyl (C=O) groups excluding carboxylic acids is 1. The summed E-state index contributed by atoms with van der Waals surface area (Å²) < 4.78 is 46.3. The third-order valence-electron chi connectivity index (χ3n) is 4.22. The first kappa shape index (κ1) is 20.8. The second kappa shape index (κ2) is 9.51. The van der Waals surface area contributed by atoms with Gasteiger partial charge in [0, 0.05) is 12.5 Å². The smallest absolute Gasteiger partial charge is 0.221 e. The maximum Gasteiger partial charge on any atom is 0.221 e.